The van der Waals surface area contributed by atoms with Gasteiger partial charge in [-0.3, -0.25) is 0 Å². The fraction of sp³-hybridized carbons (Fsp3) is 0.667. The van der Waals surface area contributed by atoms with Crippen molar-refractivity contribution in [2.45, 2.75) is 103 Å². The molecule has 0 heterocycles. The topological polar surface area (TPSA) is 26.3 Å². The fourth-order valence-electron chi connectivity index (χ4n) is 4.84. The molecule has 0 spiro atoms. The van der Waals surface area contributed by atoms with Gasteiger partial charge in [0, 0.05) is 0 Å². The van der Waals surface area contributed by atoms with Crippen molar-refractivity contribution in [1.82, 2.24) is 0 Å². The summed E-state index contributed by atoms with van der Waals surface area (Å²) in [6.45, 7) is 4.58. The number of benzene rings is 1. The molecule has 1 fully saturated rings. The van der Waals surface area contributed by atoms with Crippen molar-refractivity contribution in [1.29, 1.82) is 0 Å². The second-order valence-corrected chi connectivity index (χ2v) is 9.44. The van der Waals surface area contributed by atoms with E-state index in [4.69, 9.17) is 4.74 Å². The van der Waals surface area contributed by atoms with E-state index in [1.807, 2.05) is 12.1 Å². The number of carbonyl (C=O) groups is 1. The van der Waals surface area contributed by atoms with E-state index in [0.29, 0.717) is 5.56 Å². The van der Waals surface area contributed by atoms with Crippen LogP contribution in [0, 0.1) is 11.8 Å². The van der Waals surface area contributed by atoms with Crippen LogP contribution in [0.2, 0.25) is 0 Å². The molecule has 29 heavy (non-hydrogen) atoms. The lowest BCUT2D eigenvalue weighted by Gasteiger charge is -2.28. The molecule has 0 saturated heterocycles. The van der Waals surface area contributed by atoms with Gasteiger partial charge in [0.25, 0.3) is 0 Å². The Labute approximate surface area is 178 Å². The number of carbonyl (C=O) groups excluding carboxylic acids is 1. The van der Waals surface area contributed by atoms with E-state index in [2.05, 4.69) is 32.1 Å². The monoisotopic (exact) mass is 396 g/mol. The van der Waals surface area contributed by atoms with Crippen molar-refractivity contribution in [3.05, 3.63) is 41.5 Å². The Hall–Kier alpha value is -1.57. The van der Waals surface area contributed by atoms with Crippen LogP contribution in [-0.2, 0) is 4.74 Å². The van der Waals surface area contributed by atoms with Crippen LogP contribution < -0.4 is 0 Å². The van der Waals surface area contributed by atoms with Gasteiger partial charge in [-0.25, -0.2) is 4.79 Å². The minimum Gasteiger partial charge on any atom is -0.459 e. The van der Waals surface area contributed by atoms with Crippen molar-refractivity contribution < 1.29 is 9.53 Å². The SMILES string of the molecule is CCCCCCC[C@H]1CC[C@H](OC(=O)c2ccc(C3=CCC(C)CC3)cc2)CC1. The zero-order valence-electron chi connectivity index (χ0n) is 18.6. The lowest BCUT2D eigenvalue weighted by Crippen LogP contribution is -2.24. The smallest absolute Gasteiger partial charge is 0.338 e. The summed E-state index contributed by atoms with van der Waals surface area (Å²) in [5.74, 6) is 1.49. The van der Waals surface area contributed by atoms with Crippen molar-refractivity contribution in [2.24, 2.45) is 11.8 Å². The Morgan fingerprint density at radius 2 is 1.69 bits per heavy atom. The van der Waals surface area contributed by atoms with E-state index in [-0.39, 0.29) is 12.1 Å². The third-order valence-corrected chi connectivity index (χ3v) is 6.95. The minimum absolute atomic E-state index is 0.112. The van der Waals surface area contributed by atoms with Crippen molar-refractivity contribution >= 4 is 11.5 Å². The summed E-state index contributed by atoms with van der Waals surface area (Å²) >= 11 is 0. The van der Waals surface area contributed by atoms with Crippen molar-refractivity contribution in [2.75, 3.05) is 0 Å². The largest absolute Gasteiger partial charge is 0.459 e. The van der Waals surface area contributed by atoms with Gasteiger partial charge in [0.05, 0.1) is 5.56 Å². The first kappa shape index (κ1) is 22.1. The van der Waals surface area contributed by atoms with Crippen LogP contribution in [0.3, 0.4) is 0 Å². The maximum atomic E-state index is 12.6. The molecule has 0 aromatic heterocycles. The quantitative estimate of drug-likeness (QED) is 0.312. The number of allylic oxidation sites excluding steroid dienone is 2. The molecule has 3 rings (SSSR count). The van der Waals surface area contributed by atoms with Gasteiger partial charge in [-0.1, -0.05) is 70.6 Å². The third kappa shape index (κ3) is 7.01. The van der Waals surface area contributed by atoms with Gasteiger partial charge in [0.15, 0.2) is 0 Å². The van der Waals surface area contributed by atoms with E-state index in [1.54, 1.807) is 0 Å². The highest BCUT2D eigenvalue weighted by atomic mass is 16.5. The summed E-state index contributed by atoms with van der Waals surface area (Å²) in [4.78, 5) is 12.6. The molecule has 2 nitrogen and oxygen atoms in total. The van der Waals surface area contributed by atoms with Gasteiger partial charge >= 0.3 is 5.97 Å². The van der Waals surface area contributed by atoms with Crippen LogP contribution in [0.25, 0.3) is 5.57 Å². The molecule has 1 atom stereocenters. The van der Waals surface area contributed by atoms with Gasteiger partial charge in [0.2, 0.25) is 0 Å². The van der Waals surface area contributed by atoms with Gasteiger partial charge in [-0.15, -0.1) is 0 Å². The zero-order valence-corrected chi connectivity index (χ0v) is 18.6. The van der Waals surface area contributed by atoms with Crippen LogP contribution in [0.4, 0.5) is 0 Å². The van der Waals surface area contributed by atoms with E-state index >= 15 is 0 Å². The molecule has 1 unspecified atom stereocenters. The first-order valence-corrected chi connectivity index (χ1v) is 12.2. The summed E-state index contributed by atoms with van der Waals surface area (Å²) in [6, 6.07) is 8.07. The molecule has 0 amide bonds. The second-order valence-electron chi connectivity index (χ2n) is 9.44. The summed E-state index contributed by atoms with van der Waals surface area (Å²) in [5, 5.41) is 0. The standard InChI is InChI=1S/C27H40O2/c1-3-4-5-6-7-8-22-11-19-26(20-12-22)29-27(28)25-17-15-24(16-18-25)23-13-9-21(2)10-14-23/h13,15-18,21-22,26H,3-12,14,19-20H2,1-2H3/t21?,22-,26-. The lowest BCUT2D eigenvalue weighted by atomic mass is 9.84. The van der Waals surface area contributed by atoms with Gasteiger partial charge in [-0.2, -0.15) is 0 Å². The van der Waals surface area contributed by atoms with Gasteiger partial charge < -0.3 is 4.74 Å². The second kappa shape index (κ2) is 11.6. The van der Waals surface area contributed by atoms with E-state index < -0.39 is 0 Å². The number of rotatable bonds is 9. The van der Waals surface area contributed by atoms with Crippen LogP contribution in [-0.4, -0.2) is 12.1 Å². The molecule has 1 aromatic rings. The Kier molecular flexibility index (Phi) is 8.83. The summed E-state index contributed by atoms with van der Waals surface area (Å²) < 4.78 is 5.83. The first-order chi connectivity index (χ1) is 14.2. The molecule has 0 bridgehead atoms. The average molecular weight is 397 g/mol. The van der Waals surface area contributed by atoms with Crippen molar-refractivity contribution in [3.8, 4) is 0 Å². The maximum absolute atomic E-state index is 12.6. The Bertz CT molecular complexity index is 650. The number of unbranched alkanes of at least 4 members (excludes halogenated alkanes) is 4. The van der Waals surface area contributed by atoms with Crippen LogP contribution in [0.15, 0.2) is 30.3 Å². The lowest BCUT2D eigenvalue weighted by molar-refractivity contribution is 0.0161. The van der Waals surface area contributed by atoms with Crippen LogP contribution >= 0.6 is 0 Å². The minimum atomic E-state index is -0.147. The first-order valence-electron chi connectivity index (χ1n) is 12.2. The molecule has 2 aliphatic carbocycles. The molecule has 0 N–H and O–H groups in total. The number of hydrogen-bond donors (Lipinski definition) is 0. The highest BCUT2D eigenvalue weighted by Crippen LogP contribution is 2.32. The molecular weight excluding hydrogens is 356 g/mol. The van der Waals surface area contributed by atoms with Crippen LogP contribution in [0.1, 0.15) is 113 Å². The van der Waals surface area contributed by atoms with Gasteiger partial charge in [-0.05, 0) is 80.1 Å². The predicted molar refractivity (Wildman–Crippen MR) is 122 cm³/mol. The summed E-state index contributed by atoms with van der Waals surface area (Å²) in [7, 11) is 0. The van der Waals surface area contributed by atoms with Gasteiger partial charge in [0.1, 0.15) is 6.10 Å². The Morgan fingerprint density at radius 1 is 0.966 bits per heavy atom. The Balaban J connectivity index is 1.39. The molecule has 2 aliphatic rings. The third-order valence-electron chi connectivity index (χ3n) is 6.95. The molecule has 160 valence electrons. The zero-order chi connectivity index (χ0) is 20.5. The fourth-order valence-corrected chi connectivity index (χ4v) is 4.84. The molecule has 2 heteroatoms. The average Bonchev–Trinajstić information content (AvgIpc) is 2.75. The van der Waals surface area contributed by atoms with Crippen molar-refractivity contribution in [3.63, 3.8) is 0 Å². The predicted octanol–water partition coefficient (Wildman–Crippen LogP) is 7.97. The highest BCUT2D eigenvalue weighted by Gasteiger charge is 2.24. The van der Waals surface area contributed by atoms with E-state index in [9.17, 15) is 4.79 Å². The number of ether oxygens (including phenoxy) is 1. The maximum Gasteiger partial charge on any atom is 0.338 e. The normalized spacial score (nSPS) is 24.8. The summed E-state index contributed by atoms with van der Waals surface area (Å²) in [5.41, 5.74) is 3.38. The molecule has 0 radical (unpaired) electrons. The van der Waals surface area contributed by atoms with E-state index in [1.165, 1.54) is 75.3 Å². The summed E-state index contributed by atoms with van der Waals surface area (Å²) in [6.07, 6.45) is 18.8. The molecule has 0 aliphatic heterocycles. The van der Waals surface area contributed by atoms with E-state index in [0.717, 1.165) is 31.1 Å². The molecular formula is C27H40O2. The number of esters is 1. The highest BCUT2D eigenvalue weighted by molar-refractivity contribution is 5.90. The Morgan fingerprint density at radius 3 is 2.34 bits per heavy atom. The number of hydrogen-bond acceptors (Lipinski definition) is 2. The molecule has 1 saturated carbocycles. The molecule has 1 aromatic carbocycles. The van der Waals surface area contributed by atoms with Crippen LogP contribution in [0.5, 0.6) is 0 Å².